The van der Waals surface area contributed by atoms with Gasteiger partial charge in [0.2, 0.25) is 0 Å². The summed E-state index contributed by atoms with van der Waals surface area (Å²) in [5.74, 6) is 0.454. The maximum absolute atomic E-state index is 11.0. The Morgan fingerprint density at radius 3 is 2.43 bits per heavy atom. The molecule has 0 bridgehead atoms. The number of nitrogens with one attached hydrogen (secondary N) is 3. The van der Waals surface area contributed by atoms with Crippen LogP contribution in [0.15, 0.2) is 49.1 Å². The van der Waals surface area contributed by atoms with Gasteiger partial charge >= 0.3 is 0 Å². The zero-order chi connectivity index (χ0) is 22.2. The Bertz CT molecular complexity index is 739. The van der Waals surface area contributed by atoms with E-state index >= 15 is 0 Å². The average Bonchev–Trinajstić information content (AvgIpc) is 3.64. The molecule has 1 atom stereocenters. The molecule has 0 amide bonds. The van der Waals surface area contributed by atoms with Gasteiger partial charge < -0.3 is 20.8 Å². The smallest absolute Gasteiger partial charge is 0.150 e. The summed E-state index contributed by atoms with van der Waals surface area (Å²) < 4.78 is 0. The molecule has 3 N–H and O–H groups in total. The molecule has 0 aromatic heterocycles. The van der Waals surface area contributed by atoms with Crippen LogP contribution >= 0.6 is 0 Å². The predicted molar refractivity (Wildman–Crippen MR) is 128 cm³/mol. The van der Waals surface area contributed by atoms with Gasteiger partial charge in [0.25, 0.3) is 0 Å². The van der Waals surface area contributed by atoms with E-state index in [0.717, 1.165) is 56.1 Å². The molecule has 0 aliphatic heterocycles. The molecule has 2 aliphatic rings. The lowest BCUT2D eigenvalue weighted by Crippen LogP contribution is -2.27. The fraction of sp³-hybridized carbons (Fsp3) is 0.400. The first-order valence-corrected chi connectivity index (χ1v) is 10.6. The summed E-state index contributed by atoms with van der Waals surface area (Å²) in [6, 6.07) is 6.41. The molecule has 0 saturated heterocycles. The van der Waals surface area contributed by atoms with Gasteiger partial charge in [-0.25, -0.2) is 0 Å². The van der Waals surface area contributed by atoms with Crippen molar-refractivity contribution in [2.24, 2.45) is 5.92 Å². The Balaban J connectivity index is 0.000000334. The Hall–Kier alpha value is -2.79. The van der Waals surface area contributed by atoms with Crippen molar-refractivity contribution in [1.29, 1.82) is 5.41 Å². The molecule has 1 unspecified atom stereocenters. The molecule has 1 saturated carbocycles. The third-order valence-corrected chi connectivity index (χ3v) is 4.83. The molecular weight excluding hydrogens is 374 g/mol. The zero-order valence-electron chi connectivity index (χ0n) is 18.2. The second-order valence-electron chi connectivity index (χ2n) is 7.21. The van der Waals surface area contributed by atoms with Crippen LogP contribution in [-0.4, -0.2) is 38.4 Å². The summed E-state index contributed by atoms with van der Waals surface area (Å²) in [4.78, 5) is 20.5. The van der Waals surface area contributed by atoms with Crippen molar-refractivity contribution >= 4 is 30.0 Å². The van der Waals surface area contributed by atoms with Gasteiger partial charge in [-0.3, -0.25) is 4.79 Å². The van der Waals surface area contributed by atoms with Gasteiger partial charge in [0.1, 0.15) is 12.6 Å². The summed E-state index contributed by atoms with van der Waals surface area (Å²) in [6.45, 7) is 6.38. The van der Waals surface area contributed by atoms with E-state index in [4.69, 9.17) is 5.41 Å². The highest BCUT2D eigenvalue weighted by Gasteiger charge is 2.19. The maximum Gasteiger partial charge on any atom is 0.150 e. The minimum atomic E-state index is 0.454. The molecule has 5 heteroatoms. The summed E-state index contributed by atoms with van der Waals surface area (Å²) in [5.41, 5.74) is 4.37. The van der Waals surface area contributed by atoms with Crippen molar-refractivity contribution in [1.82, 2.24) is 5.32 Å². The Morgan fingerprint density at radius 1 is 1.20 bits per heavy atom. The summed E-state index contributed by atoms with van der Waals surface area (Å²) in [7, 11) is 2.01. The van der Waals surface area contributed by atoms with E-state index < -0.39 is 0 Å². The zero-order valence-corrected chi connectivity index (χ0v) is 18.2. The molecule has 5 nitrogen and oxygen atoms in total. The van der Waals surface area contributed by atoms with Gasteiger partial charge in [-0.15, -0.1) is 0 Å². The van der Waals surface area contributed by atoms with Crippen LogP contribution in [0.25, 0.3) is 5.57 Å². The normalized spacial score (nSPS) is 17.4. The molecule has 0 radical (unpaired) electrons. The van der Waals surface area contributed by atoms with E-state index in [1.54, 1.807) is 18.2 Å². The van der Waals surface area contributed by atoms with Crippen LogP contribution in [0.3, 0.4) is 0 Å². The molecule has 1 aromatic rings. The topological polar surface area (TPSA) is 82.1 Å². The van der Waals surface area contributed by atoms with E-state index in [-0.39, 0.29) is 0 Å². The average molecular weight is 410 g/mol. The van der Waals surface area contributed by atoms with Crippen molar-refractivity contribution in [2.45, 2.75) is 45.1 Å². The number of carbonyl (C=O) groups excluding carboxylic acids is 2. The van der Waals surface area contributed by atoms with Crippen molar-refractivity contribution in [3.8, 4) is 0 Å². The van der Waals surface area contributed by atoms with Gasteiger partial charge in [-0.1, -0.05) is 24.8 Å². The quantitative estimate of drug-likeness (QED) is 0.318. The fourth-order valence-electron chi connectivity index (χ4n) is 2.99. The van der Waals surface area contributed by atoms with Crippen molar-refractivity contribution in [3.05, 3.63) is 60.2 Å². The number of anilines is 1. The molecule has 30 heavy (non-hydrogen) atoms. The van der Waals surface area contributed by atoms with E-state index in [9.17, 15) is 9.59 Å². The van der Waals surface area contributed by atoms with Gasteiger partial charge in [-0.05, 0) is 75.9 Å². The van der Waals surface area contributed by atoms with Crippen LogP contribution < -0.4 is 10.6 Å². The number of aldehydes is 2. The standard InChI is InChI=1S/C16H22N2O.C5H7N.C4H6O/c1-3-18-16-8-7-12(11-19)9-15(16)13-5-4-6-14(10-13)17-2;1-2-3-4-5-6;5-3-4-1-2-4/h5,7-9,11,14,17-18H,3-4,6,10H2,1-2H3;2-6H,1H2;3-4H,1-2H2/b;4-3-,6-5?;. The van der Waals surface area contributed by atoms with Crippen molar-refractivity contribution in [3.63, 3.8) is 0 Å². The minimum Gasteiger partial charge on any atom is -0.385 e. The lowest BCUT2D eigenvalue weighted by molar-refractivity contribution is -0.108. The van der Waals surface area contributed by atoms with Gasteiger partial charge in [0.15, 0.2) is 0 Å². The number of hydrogen-bond acceptors (Lipinski definition) is 5. The molecule has 3 rings (SSSR count). The van der Waals surface area contributed by atoms with E-state index in [0.29, 0.717) is 12.0 Å². The van der Waals surface area contributed by atoms with Gasteiger partial charge in [-0.2, -0.15) is 0 Å². The third kappa shape index (κ3) is 9.61. The summed E-state index contributed by atoms with van der Waals surface area (Å²) in [6.07, 6.45) is 16.0. The van der Waals surface area contributed by atoms with E-state index in [2.05, 4.69) is 30.2 Å². The molecule has 1 fully saturated rings. The Kier molecular flexibility index (Phi) is 12.7. The molecular formula is C25H35N3O2. The molecule has 2 aliphatic carbocycles. The lowest BCUT2D eigenvalue weighted by atomic mass is 9.88. The highest BCUT2D eigenvalue weighted by Crippen LogP contribution is 2.32. The van der Waals surface area contributed by atoms with Crippen LogP contribution in [0.1, 0.15) is 54.9 Å². The predicted octanol–water partition coefficient (Wildman–Crippen LogP) is 5.06. The second-order valence-corrected chi connectivity index (χ2v) is 7.21. The Labute approximate surface area is 180 Å². The number of carbonyl (C=O) groups is 2. The van der Waals surface area contributed by atoms with Crippen molar-refractivity contribution in [2.75, 3.05) is 18.9 Å². The first-order chi connectivity index (χ1) is 14.6. The summed E-state index contributed by atoms with van der Waals surface area (Å²) in [5, 5.41) is 13.2. The largest absolute Gasteiger partial charge is 0.385 e. The molecule has 0 heterocycles. The van der Waals surface area contributed by atoms with Crippen LogP contribution in [0.5, 0.6) is 0 Å². The minimum absolute atomic E-state index is 0.454. The van der Waals surface area contributed by atoms with E-state index in [1.807, 2.05) is 25.2 Å². The highest BCUT2D eigenvalue weighted by atomic mass is 16.1. The van der Waals surface area contributed by atoms with Crippen LogP contribution in [0.4, 0.5) is 5.69 Å². The first-order valence-electron chi connectivity index (χ1n) is 10.6. The van der Waals surface area contributed by atoms with Crippen LogP contribution in [0.2, 0.25) is 0 Å². The molecule has 1 aromatic carbocycles. The molecule has 162 valence electrons. The third-order valence-electron chi connectivity index (χ3n) is 4.83. The van der Waals surface area contributed by atoms with Gasteiger partial charge in [0.05, 0.1) is 0 Å². The van der Waals surface area contributed by atoms with Crippen LogP contribution in [0, 0.1) is 11.3 Å². The highest BCUT2D eigenvalue weighted by molar-refractivity contribution is 5.84. The van der Waals surface area contributed by atoms with Crippen molar-refractivity contribution < 1.29 is 9.59 Å². The fourth-order valence-corrected chi connectivity index (χ4v) is 2.99. The lowest BCUT2D eigenvalue weighted by Gasteiger charge is -2.24. The second kappa shape index (κ2) is 15.1. The van der Waals surface area contributed by atoms with E-state index in [1.165, 1.54) is 23.8 Å². The summed E-state index contributed by atoms with van der Waals surface area (Å²) >= 11 is 0. The Morgan fingerprint density at radius 2 is 1.97 bits per heavy atom. The SMILES string of the molecule is C=C/C=C\C=N.CCNc1ccc(C=O)cc1C1=CCCC(NC)C1.O=CC1CC1. The first kappa shape index (κ1) is 25.2. The number of benzene rings is 1. The maximum atomic E-state index is 11.0. The number of hydrogen-bond donors (Lipinski definition) is 3. The van der Waals surface area contributed by atoms with Crippen LogP contribution in [-0.2, 0) is 4.79 Å². The number of allylic oxidation sites excluding steroid dienone is 4. The number of rotatable bonds is 8. The molecule has 0 spiro atoms. The monoisotopic (exact) mass is 409 g/mol. The van der Waals surface area contributed by atoms with Gasteiger partial charge in [0, 0.05) is 41.5 Å².